The molecule has 0 saturated heterocycles. The van der Waals surface area contributed by atoms with Gasteiger partial charge in [0.25, 0.3) is 0 Å². The van der Waals surface area contributed by atoms with E-state index in [9.17, 15) is 4.11 Å². The lowest BCUT2D eigenvalue weighted by Crippen LogP contribution is -2.00. The van der Waals surface area contributed by atoms with Gasteiger partial charge in [-0.05, 0) is 40.4 Å². The minimum absolute atomic E-state index is 0.443. The van der Waals surface area contributed by atoms with Crippen molar-refractivity contribution in [3.05, 3.63) is 151 Å². The molecule has 0 saturated carbocycles. The molecular weight excluding hydrogens is 526 g/mol. The van der Waals surface area contributed by atoms with Gasteiger partial charge in [-0.1, -0.05) is 133 Å². The molecule has 0 radical (unpaired) electrons. The Kier molecular flexibility index (Phi) is 2.48. The van der Waals surface area contributed by atoms with E-state index in [0.717, 1.165) is 0 Å². The van der Waals surface area contributed by atoms with Crippen LogP contribution in [0.1, 0.15) is 34.3 Å². The zero-order valence-corrected chi connectivity index (χ0v) is 21.2. The summed E-state index contributed by atoms with van der Waals surface area (Å²) in [4.78, 5) is 12.7. The number of fused-ring (bicyclic) bond motifs is 3. The van der Waals surface area contributed by atoms with Gasteiger partial charge in [-0.15, -0.1) is 0 Å². The lowest BCUT2D eigenvalue weighted by molar-refractivity contribution is 0.669. The maximum absolute atomic E-state index is 9.39. The highest BCUT2D eigenvalue weighted by Gasteiger charge is 2.16. The Hall–Kier alpha value is -5.87. The topological polar surface area (TPSA) is 51.8 Å². The third-order valence-electron chi connectivity index (χ3n) is 6.00. The van der Waals surface area contributed by atoms with Gasteiger partial charge in [0, 0.05) is 27.5 Å². The van der Waals surface area contributed by atoms with Crippen LogP contribution in [0, 0.1) is 0 Å². The molecule has 0 aliphatic rings. The van der Waals surface area contributed by atoms with Gasteiger partial charge < -0.3 is 4.42 Å². The number of aromatic nitrogens is 3. The first-order chi connectivity index (χ1) is 31.7. The molecule has 4 nitrogen and oxygen atoms in total. The Morgan fingerprint density at radius 2 is 0.884 bits per heavy atom. The summed E-state index contributed by atoms with van der Waals surface area (Å²) in [6.07, 6.45) is 0. The van der Waals surface area contributed by atoms with Crippen molar-refractivity contribution in [2.24, 2.45) is 0 Å². The molecule has 202 valence electrons. The fourth-order valence-electron chi connectivity index (χ4n) is 4.12. The van der Waals surface area contributed by atoms with Gasteiger partial charge >= 0.3 is 0 Å². The first-order valence-corrected chi connectivity index (χ1v) is 12.2. The van der Waals surface area contributed by atoms with Crippen LogP contribution in [0.15, 0.2) is 155 Å². The molecule has 2 aromatic heterocycles. The largest absolute Gasteiger partial charge is 0.456 e. The summed E-state index contributed by atoms with van der Waals surface area (Å²) in [7, 11) is 0. The van der Waals surface area contributed by atoms with E-state index in [0.29, 0.717) is 0 Å². The van der Waals surface area contributed by atoms with Crippen molar-refractivity contribution in [2.75, 3.05) is 0 Å². The Morgan fingerprint density at radius 1 is 0.395 bits per heavy atom. The number of furan rings is 1. The molecule has 8 rings (SSSR count). The van der Waals surface area contributed by atoms with Crippen molar-refractivity contribution >= 4 is 21.9 Å². The summed E-state index contributed by atoms with van der Waals surface area (Å²) in [5.41, 5.74) is -6.06. The van der Waals surface area contributed by atoms with Crippen LogP contribution < -0.4 is 0 Å². The monoisotopic (exact) mass is 576 g/mol. The third-order valence-corrected chi connectivity index (χ3v) is 6.00. The lowest BCUT2D eigenvalue weighted by Gasteiger charge is -2.09. The van der Waals surface area contributed by atoms with Crippen molar-refractivity contribution in [2.45, 2.75) is 0 Å². The molecule has 0 atom stereocenters. The van der Waals surface area contributed by atoms with Crippen LogP contribution in [0.25, 0.3) is 78.4 Å². The molecule has 0 unspecified atom stereocenters. The molecule has 0 N–H and O–H groups in total. The van der Waals surface area contributed by atoms with Crippen LogP contribution in [-0.4, -0.2) is 15.0 Å². The van der Waals surface area contributed by atoms with E-state index in [1.165, 1.54) is 0 Å². The Labute approximate surface area is 284 Å². The summed E-state index contributed by atoms with van der Waals surface area (Å²) in [5.74, 6) is -2.47. The van der Waals surface area contributed by atoms with E-state index >= 15 is 0 Å². The van der Waals surface area contributed by atoms with Crippen LogP contribution in [0.2, 0.25) is 0 Å². The number of hydrogen-bond acceptors (Lipinski definition) is 4. The molecule has 0 spiro atoms. The molecular formula is C39H25N3O. The van der Waals surface area contributed by atoms with Gasteiger partial charge in [0.2, 0.25) is 0 Å². The predicted octanol–water partition coefficient (Wildman–Crippen LogP) is 10.1. The second kappa shape index (κ2) is 10.5. The highest BCUT2D eigenvalue weighted by Crippen LogP contribution is 2.38. The Morgan fingerprint density at radius 3 is 1.53 bits per heavy atom. The zero-order valence-electron chi connectivity index (χ0n) is 46.2. The smallest absolute Gasteiger partial charge is 0.164 e. The number of nitrogens with zero attached hydrogens (tertiary/aromatic N) is 3. The lowest BCUT2D eigenvalue weighted by atomic mass is 9.99. The van der Waals surface area contributed by atoms with Gasteiger partial charge in [0.1, 0.15) is 11.2 Å². The maximum atomic E-state index is 9.39. The van der Waals surface area contributed by atoms with E-state index in [1.807, 2.05) is 0 Å². The van der Waals surface area contributed by atoms with Gasteiger partial charge in [-0.2, -0.15) is 0 Å². The number of hydrogen-bond donors (Lipinski definition) is 0. The number of rotatable bonds is 5. The van der Waals surface area contributed by atoms with Gasteiger partial charge in [0.15, 0.2) is 17.5 Å². The molecule has 6 aromatic carbocycles. The van der Waals surface area contributed by atoms with Crippen LogP contribution in [0.5, 0.6) is 0 Å². The summed E-state index contributed by atoms with van der Waals surface area (Å²) in [5, 5.41) is -0.937. The second-order valence-electron chi connectivity index (χ2n) is 8.57. The molecule has 0 amide bonds. The van der Waals surface area contributed by atoms with E-state index in [4.69, 9.17) is 34.6 Å². The summed E-state index contributed by atoms with van der Waals surface area (Å²) in [6.45, 7) is 0. The van der Waals surface area contributed by atoms with E-state index in [1.54, 1.807) is 0 Å². The van der Waals surface area contributed by atoms with Crippen LogP contribution in [0.3, 0.4) is 0 Å². The highest BCUT2D eigenvalue weighted by molar-refractivity contribution is 6.12. The van der Waals surface area contributed by atoms with E-state index in [2.05, 4.69) is 15.0 Å². The molecule has 4 heteroatoms. The molecule has 0 bridgehead atoms. The SMILES string of the molecule is [2H]c1c([2H])c([2H])c(-c2nc(-c3c([2H])c([2H])c(-c4c([2H])c([2H])c([2H])c([2H])c4[2H])c([2H])c3[2H])nc(-c3c([2H])c([2H])c4c(oc5c([2H])c([2H])c([2H])c(-c6c([2H])c([2H])c([2H])c([2H])c6[2H])c54)c3[2H])n2)c([2H])c1[2H]. The van der Waals surface area contributed by atoms with Crippen molar-refractivity contribution in [3.63, 3.8) is 0 Å². The standard InChI is InChI=1S/C39H25N3O/c1-4-11-26(12-5-1)27-19-21-30(22-20-27)38-40-37(29-15-8-3-9-16-29)41-39(42-38)31-23-24-33-35(25-31)43-34-18-10-17-32(36(33)34)28-13-6-2-7-14-28/h1-25H/i1D,2D,3D,4D,5D,6D,7D,8D,9D,10D,11D,12D,13D,14D,15D,16D,17D,18D,19D,20D,21D,22D,23D,24D,25D. The molecule has 43 heavy (non-hydrogen) atoms. The molecule has 8 aromatic rings. The molecule has 0 aliphatic carbocycles. The van der Waals surface area contributed by atoms with Crippen LogP contribution >= 0.6 is 0 Å². The van der Waals surface area contributed by atoms with Gasteiger partial charge in [-0.25, -0.2) is 15.0 Å². The minimum atomic E-state index is -0.983. The average Bonchev–Trinajstić information content (AvgIpc) is 3.71. The van der Waals surface area contributed by atoms with Crippen molar-refractivity contribution in [1.82, 2.24) is 15.0 Å². The number of benzene rings is 6. The molecule has 0 fully saturated rings. The summed E-state index contributed by atoms with van der Waals surface area (Å²) >= 11 is 0. The molecule has 0 aliphatic heterocycles. The van der Waals surface area contributed by atoms with Crippen molar-refractivity contribution in [3.8, 4) is 56.4 Å². The van der Waals surface area contributed by atoms with Crippen LogP contribution in [-0.2, 0) is 0 Å². The van der Waals surface area contributed by atoms with Gasteiger partial charge in [0.05, 0.1) is 34.3 Å². The fraction of sp³-hybridized carbons (Fsp3) is 0. The quantitative estimate of drug-likeness (QED) is 0.205. The van der Waals surface area contributed by atoms with E-state index in [-0.39, 0.29) is 0 Å². The molecule has 2 heterocycles. The van der Waals surface area contributed by atoms with Crippen molar-refractivity contribution in [1.29, 1.82) is 0 Å². The first-order valence-electron chi connectivity index (χ1n) is 24.7. The van der Waals surface area contributed by atoms with E-state index < -0.39 is 229 Å². The predicted molar refractivity (Wildman–Crippen MR) is 174 cm³/mol. The zero-order chi connectivity index (χ0) is 50.3. The summed E-state index contributed by atoms with van der Waals surface area (Å²) < 4.78 is 221. The normalized spacial score (nSPS) is 19.4. The Balaban J connectivity index is 1.51. The van der Waals surface area contributed by atoms with Crippen LogP contribution in [0.4, 0.5) is 0 Å². The fourth-order valence-corrected chi connectivity index (χ4v) is 4.12. The highest BCUT2D eigenvalue weighted by atomic mass is 16.3. The first kappa shape index (κ1) is 10.1. The average molecular weight is 577 g/mol. The third kappa shape index (κ3) is 4.65. The van der Waals surface area contributed by atoms with Crippen molar-refractivity contribution < 1.29 is 38.7 Å². The summed E-state index contributed by atoms with van der Waals surface area (Å²) in [6, 6.07) is -21.7. The Bertz CT molecular complexity index is 3530. The van der Waals surface area contributed by atoms with Gasteiger partial charge in [-0.3, -0.25) is 0 Å². The maximum Gasteiger partial charge on any atom is 0.164 e. The minimum Gasteiger partial charge on any atom is -0.456 e. The second-order valence-corrected chi connectivity index (χ2v) is 8.57.